The van der Waals surface area contributed by atoms with Crippen LogP contribution in [0.2, 0.25) is 0 Å². The van der Waals surface area contributed by atoms with Crippen LogP contribution in [0, 0.1) is 0 Å². The molecule has 0 spiro atoms. The van der Waals surface area contributed by atoms with Gasteiger partial charge in [-0.15, -0.1) is 13.2 Å². The van der Waals surface area contributed by atoms with Gasteiger partial charge in [0.15, 0.2) is 0 Å². The second-order valence-corrected chi connectivity index (χ2v) is 3.89. The molecule has 0 aromatic heterocycles. The Hall–Kier alpha value is -2.19. The molecular weight excluding hydrogens is 304 g/mol. The average Bonchev–Trinajstić information content (AvgIpc) is 2.28. The molecule has 0 radical (unpaired) electrons. The van der Waals surface area contributed by atoms with Gasteiger partial charge in [0.1, 0.15) is 5.75 Å². The Bertz CT molecular complexity index is 530. The minimum absolute atomic E-state index is 0.109. The molecule has 0 bridgehead atoms. The van der Waals surface area contributed by atoms with Crippen molar-refractivity contribution in [2.24, 2.45) is 0 Å². The Kier molecular flexibility index (Phi) is 4.87. The molecular formula is C12H9F6NO2. The van der Waals surface area contributed by atoms with Crippen LogP contribution in [0.15, 0.2) is 36.0 Å². The third kappa shape index (κ3) is 6.19. The van der Waals surface area contributed by atoms with Crippen molar-refractivity contribution in [3.63, 3.8) is 0 Å². The van der Waals surface area contributed by atoms with Gasteiger partial charge >= 0.3 is 12.5 Å². The van der Waals surface area contributed by atoms with Crippen molar-refractivity contribution in [2.75, 3.05) is 5.32 Å². The van der Waals surface area contributed by atoms with Crippen LogP contribution in [0.5, 0.6) is 5.75 Å². The van der Waals surface area contributed by atoms with E-state index in [1.807, 2.05) is 0 Å². The van der Waals surface area contributed by atoms with Crippen LogP contribution in [-0.2, 0) is 4.79 Å². The fourth-order valence-electron chi connectivity index (χ4n) is 1.28. The van der Waals surface area contributed by atoms with Crippen LogP contribution < -0.4 is 10.1 Å². The molecule has 0 amide bonds. The Morgan fingerprint density at radius 3 is 2.05 bits per heavy atom. The lowest BCUT2D eigenvalue weighted by Crippen LogP contribution is -2.21. The van der Waals surface area contributed by atoms with Crippen molar-refractivity contribution >= 4 is 11.5 Å². The SMILES string of the molecule is C/C(=C/C(=O)C(F)(F)F)Nc1ccc(OC(F)(F)F)cc1. The topological polar surface area (TPSA) is 38.3 Å². The highest BCUT2D eigenvalue weighted by Gasteiger charge is 2.36. The van der Waals surface area contributed by atoms with Gasteiger partial charge in [-0.1, -0.05) is 0 Å². The zero-order chi connectivity index (χ0) is 16.3. The summed E-state index contributed by atoms with van der Waals surface area (Å²) in [6.07, 6.45) is -9.46. The second-order valence-electron chi connectivity index (χ2n) is 3.89. The van der Waals surface area contributed by atoms with Crippen molar-refractivity contribution in [2.45, 2.75) is 19.5 Å². The largest absolute Gasteiger partial charge is 0.573 e. The number of alkyl halides is 6. The summed E-state index contributed by atoms with van der Waals surface area (Å²) in [5.41, 5.74) is 0.0927. The summed E-state index contributed by atoms with van der Waals surface area (Å²) in [5, 5.41) is 2.44. The zero-order valence-electron chi connectivity index (χ0n) is 10.5. The van der Waals surface area contributed by atoms with Gasteiger partial charge in [-0.25, -0.2) is 0 Å². The molecule has 0 saturated carbocycles. The van der Waals surface area contributed by atoms with Gasteiger partial charge in [-0.3, -0.25) is 4.79 Å². The Balaban J connectivity index is 2.72. The van der Waals surface area contributed by atoms with E-state index in [1.165, 1.54) is 6.92 Å². The maximum atomic E-state index is 12.0. The molecule has 0 aliphatic rings. The molecule has 0 fully saturated rings. The zero-order valence-corrected chi connectivity index (χ0v) is 10.5. The molecule has 21 heavy (non-hydrogen) atoms. The molecule has 1 aromatic rings. The minimum atomic E-state index is -4.98. The number of nitrogens with one attached hydrogen (secondary N) is 1. The van der Waals surface area contributed by atoms with Crippen molar-refractivity contribution in [1.29, 1.82) is 0 Å². The molecule has 3 nitrogen and oxygen atoms in total. The Labute approximate surface area is 115 Å². The summed E-state index contributed by atoms with van der Waals surface area (Å²) in [6.45, 7) is 1.21. The molecule has 0 aliphatic carbocycles. The standard InChI is InChI=1S/C12H9F6NO2/c1-7(6-10(20)11(13,14)15)19-8-2-4-9(5-3-8)21-12(16,17)18/h2-6,19H,1H3/b7-6-. The predicted octanol–water partition coefficient (Wildman–Crippen LogP) is 4.03. The third-order valence-corrected chi connectivity index (χ3v) is 2.06. The number of hydrogen-bond acceptors (Lipinski definition) is 3. The summed E-state index contributed by atoms with van der Waals surface area (Å²) in [6, 6.07) is 4.29. The number of carbonyl (C=O) groups is 1. The number of ketones is 1. The van der Waals surface area contributed by atoms with Crippen LogP contribution >= 0.6 is 0 Å². The number of ether oxygens (including phenoxy) is 1. The normalized spacial score (nSPS) is 13.0. The predicted molar refractivity (Wildman–Crippen MR) is 61.6 cm³/mol. The van der Waals surface area contributed by atoms with E-state index in [2.05, 4.69) is 10.1 Å². The fourth-order valence-corrected chi connectivity index (χ4v) is 1.28. The molecule has 116 valence electrons. The summed E-state index contributed by atoms with van der Waals surface area (Å²) in [5.74, 6) is -2.51. The van der Waals surface area contributed by atoms with Gasteiger partial charge in [-0.2, -0.15) is 13.2 Å². The summed E-state index contributed by atoms with van der Waals surface area (Å²) >= 11 is 0. The molecule has 1 aromatic carbocycles. The van der Waals surface area contributed by atoms with E-state index in [9.17, 15) is 31.1 Å². The highest BCUT2D eigenvalue weighted by Crippen LogP contribution is 2.24. The molecule has 9 heteroatoms. The minimum Gasteiger partial charge on any atom is -0.406 e. The number of halogens is 6. The fraction of sp³-hybridized carbons (Fsp3) is 0.250. The first-order valence-corrected chi connectivity index (χ1v) is 5.39. The highest BCUT2D eigenvalue weighted by atomic mass is 19.4. The lowest BCUT2D eigenvalue weighted by Gasteiger charge is -2.10. The van der Waals surface area contributed by atoms with Crippen LogP contribution in [-0.4, -0.2) is 18.3 Å². The van der Waals surface area contributed by atoms with Crippen molar-refractivity contribution in [3.05, 3.63) is 36.0 Å². The number of anilines is 1. The lowest BCUT2D eigenvalue weighted by molar-refractivity contribution is -0.274. The van der Waals surface area contributed by atoms with Crippen LogP contribution in [0.4, 0.5) is 32.0 Å². The molecule has 0 atom stereocenters. The van der Waals surface area contributed by atoms with E-state index in [-0.39, 0.29) is 11.4 Å². The lowest BCUT2D eigenvalue weighted by atomic mass is 10.2. The number of allylic oxidation sites excluding steroid dienone is 2. The van der Waals surface area contributed by atoms with E-state index < -0.39 is 24.1 Å². The first kappa shape index (κ1) is 16.9. The number of rotatable bonds is 4. The van der Waals surface area contributed by atoms with Crippen LogP contribution in [0.1, 0.15) is 6.92 Å². The van der Waals surface area contributed by atoms with E-state index >= 15 is 0 Å². The number of carbonyl (C=O) groups excluding carboxylic acids is 1. The van der Waals surface area contributed by atoms with E-state index in [4.69, 9.17) is 0 Å². The molecule has 0 aliphatic heterocycles. The number of hydrogen-bond donors (Lipinski definition) is 1. The van der Waals surface area contributed by atoms with Gasteiger partial charge in [-0.05, 0) is 31.2 Å². The third-order valence-electron chi connectivity index (χ3n) is 2.06. The first-order valence-electron chi connectivity index (χ1n) is 5.39. The van der Waals surface area contributed by atoms with Gasteiger partial charge in [0.25, 0.3) is 5.78 Å². The van der Waals surface area contributed by atoms with Crippen LogP contribution in [0.25, 0.3) is 0 Å². The number of benzene rings is 1. The van der Waals surface area contributed by atoms with Crippen molar-refractivity contribution in [3.8, 4) is 5.75 Å². The van der Waals surface area contributed by atoms with Gasteiger partial charge in [0, 0.05) is 17.5 Å². The molecule has 0 unspecified atom stereocenters. The maximum Gasteiger partial charge on any atom is 0.573 e. The monoisotopic (exact) mass is 313 g/mol. The van der Waals surface area contributed by atoms with E-state index in [1.54, 1.807) is 0 Å². The smallest absolute Gasteiger partial charge is 0.406 e. The van der Waals surface area contributed by atoms with Gasteiger partial charge in [0.05, 0.1) is 0 Å². The quantitative estimate of drug-likeness (QED) is 0.673. The molecule has 0 saturated heterocycles. The van der Waals surface area contributed by atoms with E-state index in [0.717, 1.165) is 24.3 Å². The molecule has 1 N–H and O–H groups in total. The molecule has 1 rings (SSSR count). The maximum absolute atomic E-state index is 12.0. The Morgan fingerprint density at radius 1 is 1.10 bits per heavy atom. The van der Waals surface area contributed by atoms with Gasteiger partial charge < -0.3 is 10.1 Å². The van der Waals surface area contributed by atoms with E-state index in [0.29, 0.717) is 6.08 Å². The molecule has 0 heterocycles. The Morgan fingerprint density at radius 2 is 1.62 bits per heavy atom. The summed E-state index contributed by atoms with van der Waals surface area (Å²) < 4.78 is 75.4. The first-order chi connectivity index (χ1) is 9.47. The second kappa shape index (κ2) is 6.06. The van der Waals surface area contributed by atoms with Gasteiger partial charge in [0.2, 0.25) is 0 Å². The highest BCUT2D eigenvalue weighted by molar-refractivity contribution is 5.95. The average molecular weight is 313 g/mol. The van der Waals surface area contributed by atoms with Crippen LogP contribution in [0.3, 0.4) is 0 Å². The summed E-state index contributed by atoms with van der Waals surface area (Å²) in [7, 11) is 0. The summed E-state index contributed by atoms with van der Waals surface area (Å²) in [4.78, 5) is 10.7. The van der Waals surface area contributed by atoms with Crippen molar-refractivity contribution < 1.29 is 35.9 Å². The van der Waals surface area contributed by atoms with Crippen molar-refractivity contribution in [1.82, 2.24) is 0 Å².